The van der Waals surface area contributed by atoms with Crippen LogP contribution in [0.2, 0.25) is 0 Å². The van der Waals surface area contributed by atoms with Crippen LogP contribution in [-0.4, -0.2) is 37.3 Å². The fourth-order valence-electron chi connectivity index (χ4n) is 5.18. The lowest BCUT2D eigenvalue weighted by Gasteiger charge is -2.15. The Morgan fingerprint density at radius 1 is 1.16 bits per heavy atom. The number of aromatic amines is 1. The van der Waals surface area contributed by atoms with Crippen LogP contribution in [0.4, 0.5) is 23.2 Å². The van der Waals surface area contributed by atoms with Crippen molar-refractivity contribution in [1.82, 2.24) is 24.3 Å². The molecule has 0 unspecified atom stereocenters. The Labute approximate surface area is 247 Å². The van der Waals surface area contributed by atoms with Gasteiger partial charge in [0.15, 0.2) is 23.1 Å². The van der Waals surface area contributed by atoms with Crippen molar-refractivity contribution >= 4 is 22.6 Å². The van der Waals surface area contributed by atoms with Crippen LogP contribution in [0, 0.1) is 5.82 Å². The molecule has 2 aromatic heterocycles. The molecule has 0 bridgehead atoms. The lowest BCUT2D eigenvalue weighted by atomic mass is 9.99. The second kappa shape index (κ2) is 11.2. The van der Waals surface area contributed by atoms with Gasteiger partial charge in [0.05, 0.1) is 23.7 Å². The molecule has 0 radical (unpaired) electrons. The van der Waals surface area contributed by atoms with Crippen molar-refractivity contribution in [2.75, 3.05) is 12.4 Å². The van der Waals surface area contributed by atoms with Gasteiger partial charge in [-0.3, -0.25) is 19.0 Å². The Morgan fingerprint density at radius 3 is 2.64 bits per heavy atom. The molecule has 1 saturated carbocycles. The first-order valence-corrected chi connectivity index (χ1v) is 13.6. The second-order valence-electron chi connectivity index (χ2n) is 10.5. The summed E-state index contributed by atoms with van der Waals surface area (Å²) in [5.74, 6) is -1.13. The van der Waals surface area contributed by atoms with Gasteiger partial charge in [-0.15, -0.1) is 0 Å². The summed E-state index contributed by atoms with van der Waals surface area (Å²) in [5, 5.41) is 9.00. The summed E-state index contributed by atoms with van der Waals surface area (Å²) in [5.41, 5.74) is -0.359. The minimum absolute atomic E-state index is 0.00319. The predicted molar refractivity (Wildman–Crippen MR) is 152 cm³/mol. The van der Waals surface area contributed by atoms with Gasteiger partial charge in [-0.2, -0.15) is 18.3 Å². The zero-order valence-corrected chi connectivity index (χ0v) is 23.5. The number of nitrogens with one attached hydrogen (secondary N) is 2. The normalized spacial score (nSPS) is 13.3. The molecule has 1 fully saturated rings. The summed E-state index contributed by atoms with van der Waals surface area (Å²) in [4.78, 5) is 30.3. The van der Waals surface area contributed by atoms with Gasteiger partial charge in [0.25, 0.3) is 0 Å². The molecule has 2 heterocycles. The second-order valence-corrected chi connectivity index (χ2v) is 10.5. The number of amides is 1. The molecule has 1 aliphatic rings. The van der Waals surface area contributed by atoms with Crippen molar-refractivity contribution in [3.63, 3.8) is 0 Å². The number of H-pyrrole nitrogens is 1. The number of methoxy groups -OCH3 is 1. The van der Waals surface area contributed by atoms with E-state index in [1.165, 1.54) is 26.6 Å². The Hall–Kier alpha value is -5.14. The molecule has 44 heavy (non-hydrogen) atoms. The minimum atomic E-state index is -4.81. The average molecular weight is 611 g/mol. The van der Waals surface area contributed by atoms with Gasteiger partial charge in [-0.05, 0) is 66.3 Å². The number of anilines is 1. The van der Waals surface area contributed by atoms with Crippen molar-refractivity contribution in [3.8, 4) is 22.6 Å². The fourth-order valence-corrected chi connectivity index (χ4v) is 5.18. The van der Waals surface area contributed by atoms with Gasteiger partial charge in [-0.1, -0.05) is 12.1 Å². The van der Waals surface area contributed by atoms with E-state index in [9.17, 15) is 22.8 Å². The van der Waals surface area contributed by atoms with Crippen molar-refractivity contribution in [2.45, 2.75) is 38.1 Å². The molecule has 228 valence electrons. The van der Waals surface area contributed by atoms with Gasteiger partial charge >= 0.3 is 11.9 Å². The highest BCUT2D eigenvalue weighted by atomic mass is 19.4. The number of fused-ring (bicyclic) bond motifs is 1. The fraction of sp³-hybridized carbons (Fsp3) is 0.267. The molecule has 14 heteroatoms. The molecule has 5 aromatic rings. The Morgan fingerprint density at radius 2 is 1.95 bits per heavy atom. The number of carbonyl (C=O) groups excluding carboxylic acids is 1. The molecule has 2 N–H and O–H groups in total. The van der Waals surface area contributed by atoms with E-state index < -0.39 is 35.7 Å². The van der Waals surface area contributed by atoms with E-state index >= 15 is 4.39 Å². The van der Waals surface area contributed by atoms with Crippen LogP contribution in [0.15, 0.2) is 59.7 Å². The Balaban J connectivity index is 1.41. The van der Waals surface area contributed by atoms with Crippen molar-refractivity contribution < 1.29 is 31.8 Å². The van der Waals surface area contributed by atoms with E-state index in [4.69, 9.17) is 9.47 Å². The number of imidazole rings is 1. The maximum atomic E-state index is 15.4. The van der Waals surface area contributed by atoms with Crippen LogP contribution in [0.3, 0.4) is 0 Å². The van der Waals surface area contributed by atoms with E-state index in [0.29, 0.717) is 17.4 Å². The number of carbonyl (C=O) groups is 1. The number of benzene rings is 3. The summed E-state index contributed by atoms with van der Waals surface area (Å²) in [7, 11) is 2.63. The van der Waals surface area contributed by atoms with E-state index in [-0.39, 0.29) is 40.3 Å². The molecule has 6 rings (SSSR count). The standard InChI is InChI=1S/C30H26F4N6O4/c1-39-27-21(18-9-22(31)28(24(10-18)43-2)44-14-25-35-15-36-38-25)11-19(30(32,33)34)12-23(27)40(29(39)42)13-26(41)37-20-5-3-4-17(8-20)16-6-7-16/h3-5,8-12,15-16H,6-7,13-14H2,1-2H3,(H,37,41)(H,35,36,38). The monoisotopic (exact) mass is 610 g/mol. The molecule has 1 amide bonds. The van der Waals surface area contributed by atoms with Crippen LogP contribution in [0.5, 0.6) is 11.5 Å². The van der Waals surface area contributed by atoms with Gasteiger partial charge in [0.1, 0.15) is 19.5 Å². The average Bonchev–Trinajstić information content (AvgIpc) is 3.66. The lowest BCUT2D eigenvalue weighted by Crippen LogP contribution is -2.28. The topological polar surface area (TPSA) is 116 Å². The SMILES string of the molecule is COc1cc(-c2cc(C(F)(F)F)cc3c2n(C)c(=O)n3CC(=O)Nc2cccc(C3CC3)c2)cc(F)c1OCc1ncn[nH]1. The number of ether oxygens (including phenoxy) is 2. The highest BCUT2D eigenvalue weighted by Crippen LogP contribution is 2.42. The molecule has 3 aromatic carbocycles. The molecule has 10 nitrogen and oxygen atoms in total. The maximum absolute atomic E-state index is 15.4. The first-order valence-electron chi connectivity index (χ1n) is 13.6. The number of halogens is 4. The third kappa shape index (κ3) is 5.62. The van der Waals surface area contributed by atoms with Crippen molar-refractivity contribution in [2.24, 2.45) is 7.05 Å². The van der Waals surface area contributed by atoms with Crippen LogP contribution < -0.4 is 20.5 Å². The largest absolute Gasteiger partial charge is 0.493 e. The number of hydrogen-bond acceptors (Lipinski definition) is 6. The zero-order chi connectivity index (χ0) is 31.2. The summed E-state index contributed by atoms with van der Waals surface area (Å²) >= 11 is 0. The number of rotatable bonds is 9. The molecule has 0 saturated heterocycles. The molecule has 1 aliphatic carbocycles. The van der Waals surface area contributed by atoms with Gasteiger partial charge < -0.3 is 14.8 Å². The number of nitrogens with zero attached hydrogens (tertiary/aromatic N) is 4. The number of alkyl halides is 3. The van der Waals surface area contributed by atoms with Crippen LogP contribution in [0.1, 0.15) is 35.7 Å². The molecular formula is C30H26F4N6O4. The maximum Gasteiger partial charge on any atom is 0.416 e. The van der Waals surface area contributed by atoms with E-state index in [1.807, 2.05) is 18.2 Å². The van der Waals surface area contributed by atoms with Crippen molar-refractivity contribution in [3.05, 3.63) is 88.1 Å². The molecule has 0 aliphatic heterocycles. The third-order valence-corrected chi connectivity index (χ3v) is 7.44. The van der Waals surface area contributed by atoms with Gasteiger partial charge in [0, 0.05) is 18.3 Å². The van der Waals surface area contributed by atoms with E-state index in [0.717, 1.165) is 45.7 Å². The predicted octanol–water partition coefficient (Wildman–Crippen LogP) is 5.39. The van der Waals surface area contributed by atoms with Crippen molar-refractivity contribution in [1.29, 1.82) is 0 Å². The molecule has 0 spiro atoms. The Bertz CT molecular complexity index is 1930. The van der Waals surface area contributed by atoms with E-state index in [1.54, 1.807) is 6.07 Å². The van der Waals surface area contributed by atoms with Crippen LogP contribution in [0.25, 0.3) is 22.2 Å². The number of hydrogen-bond donors (Lipinski definition) is 2. The smallest absolute Gasteiger partial charge is 0.416 e. The Kier molecular flexibility index (Phi) is 7.35. The first-order chi connectivity index (χ1) is 21.0. The summed E-state index contributed by atoms with van der Waals surface area (Å²) in [6, 6.07) is 11.3. The lowest BCUT2D eigenvalue weighted by molar-refractivity contribution is -0.137. The molecule has 0 atom stereocenters. The quantitative estimate of drug-likeness (QED) is 0.217. The van der Waals surface area contributed by atoms with E-state index in [2.05, 4.69) is 20.5 Å². The minimum Gasteiger partial charge on any atom is -0.493 e. The highest BCUT2D eigenvalue weighted by Gasteiger charge is 2.33. The number of aryl methyl sites for hydroxylation is 1. The highest BCUT2D eigenvalue weighted by molar-refractivity contribution is 5.96. The van der Waals surface area contributed by atoms with Crippen LogP contribution >= 0.6 is 0 Å². The summed E-state index contributed by atoms with van der Waals surface area (Å²) in [6.07, 6.45) is -1.42. The number of aromatic nitrogens is 5. The zero-order valence-electron chi connectivity index (χ0n) is 23.5. The summed E-state index contributed by atoms with van der Waals surface area (Å²) < 4.78 is 70.7. The summed E-state index contributed by atoms with van der Waals surface area (Å²) in [6.45, 7) is -0.721. The van der Waals surface area contributed by atoms with Gasteiger partial charge in [-0.25, -0.2) is 14.2 Å². The molecular weight excluding hydrogens is 584 g/mol. The first kappa shape index (κ1) is 29.0. The van der Waals surface area contributed by atoms with Gasteiger partial charge in [0.2, 0.25) is 5.91 Å². The van der Waals surface area contributed by atoms with Crippen LogP contribution in [-0.2, 0) is 31.2 Å². The third-order valence-electron chi connectivity index (χ3n) is 7.44.